The Hall–Kier alpha value is -5.21. The average molecular weight is 672 g/mol. The molecule has 4 amide bonds. The Morgan fingerprint density at radius 1 is 0.837 bits per heavy atom. The minimum absolute atomic E-state index is 0.0336. The van der Waals surface area contributed by atoms with Crippen molar-refractivity contribution >= 4 is 40.9 Å². The van der Waals surface area contributed by atoms with E-state index in [9.17, 15) is 19.5 Å². The molecule has 2 saturated heterocycles. The Morgan fingerprint density at radius 2 is 1.53 bits per heavy atom. The predicted molar refractivity (Wildman–Crippen MR) is 184 cm³/mol. The smallest absolute Gasteiger partial charge is 0.260 e. The van der Waals surface area contributed by atoms with Crippen molar-refractivity contribution in [3.63, 3.8) is 0 Å². The number of carbonyl (C=O) groups is 4. The molecule has 0 spiro atoms. The Labute approximate surface area is 289 Å². The second kappa shape index (κ2) is 11.7. The van der Waals surface area contributed by atoms with Gasteiger partial charge in [0.1, 0.15) is 5.75 Å². The number of carbonyl (C=O) groups excluding carboxylic acids is 4. The van der Waals surface area contributed by atoms with Crippen molar-refractivity contribution in [2.75, 3.05) is 5.43 Å². The summed E-state index contributed by atoms with van der Waals surface area (Å²) in [5, 5.41) is 11.7. The minimum atomic E-state index is -1.43. The summed E-state index contributed by atoms with van der Waals surface area (Å²) >= 11 is 6.93. The van der Waals surface area contributed by atoms with E-state index < -0.39 is 46.8 Å². The summed E-state index contributed by atoms with van der Waals surface area (Å²) in [5.41, 5.74) is 6.18. The summed E-state index contributed by atoms with van der Waals surface area (Å²) in [6.45, 7) is 2.13. The van der Waals surface area contributed by atoms with E-state index in [2.05, 4.69) is 5.43 Å². The first-order chi connectivity index (χ1) is 23.7. The van der Waals surface area contributed by atoms with Gasteiger partial charge in [-0.2, -0.15) is 5.01 Å². The average Bonchev–Trinajstić information content (AvgIpc) is 3.47. The van der Waals surface area contributed by atoms with E-state index in [1.165, 1.54) is 17.0 Å². The van der Waals surface area contributed by atoms with Gasteiger partial charge in [-0.25, -0.2) is 0 Å². The minimum Gasteiger partial charge on any atom is -0.508 e. The van der Waals surface area contributed by atoms with E-state index in [1.54, 1.807) is 6.07 Å². The van der Waals surface area contributed by atoms with E-state index in [0.717, 1.165) is 21.7 Å². The third-order valence-corrected chi connectivity index (χ3v) is 11.3. The number of fused-ring (bicyclic) bond motifs is 4. The van der Waals surface area contributed by atoms with Crippen molar-refractivity contribution in [3.05, 3.63) is 142 Å². The predicted octanol–water partition coefficient (Wildman–Crippen LogP) is 6.54. The fourth-order valence-electron chi connectivity index (χ4n) is 8.83. The number of hydrogen-bond acceptors (Lipinski definition) is 6. The number of anilines is 1. The molecule has 4 aromatic rings. The highest BCUT2D eigenvalue weighted by atomic mass is 35.5. The zero-order valence-corrected chi connectivity index (χ0v) is 27.5. The molecule has 4 aromatic carbocycles. The monoisotopic (exact) mass is 671 g/mol. The van der Waals surface area contributed by atoms with Gasteiger partial charge in [0, 0.05) is 10.9 Å². The third-order valence-electron chi connectivity index (χ3n) is 11.0. The maximum Gasteiger partial charge on any atom is 0.260 e. The van der Waals surface area contributed by atoms with Gasteiger partial charge in [0.2, 0.25) is 11.8 Å². The molecule has 9 heteroatoms. The molecule has 246 valence electrons. The largest absolute Gasteiger partial charge is 0.508 e. The number of imide groups is 2. The van der Waals surface area contributed by atoms with Crippen LogP contribution in [0.3, 0.4) is 0 Å². The number of allylic oxidation sites excluding steroid dienone is 2. The number of hydrazine groups is 1. The van der Waals surface area contributed by atoms with Crippen LogP contribution in [0.1, 0.15) is 41.0 Å². The third kappa shape index (κ3) is 4.72. The highest BCUT2D eigenvalue weighted by Gasteiger charge is 2.70. The number of aryl methyl sites for hydroxylation is 1. The van der Waals surface area contributed by atoms with Crippen molar-refractivity contribution in [1.29, 1.82) is 0 Å². The van der Waals surface area contributed by atoms with E-state index >= 15 is 4.79 Å². The molecule has 0 radical (unpaired) electrons. The number of benzene rings is 4. The molecule has 3 fully saturated rings. The lowest BCUT2D eigenvalue weighted by atomic mass is 9.49. The molecule has 49 heavy (non-hydrogen) atoms. The van der Waals surface area contributed by atoms with Crippen LogP contribution in [0.25, 0.3) is 0 Å². The second-order valence-electron chi connectivity index (χ2n) is 13.5. The van der Waals surface area contributed by atoms with Crippen LogP contribution >= 0.6 is 11.6 Å². The highest BCUT2D eigenvalue weighted by molar-refractivity contribution is 6.31. The van der Waals surface area contributed by atoms with Gasteiger partial charge < -0.3 is 5.11 Å². The van der Waals surface area contributed by atoms with Gasteiger partial charge in [-0.1, -0.05) is 108 Å². The Kier molecular flexibility index (Phi) is 7.45. The molecule has 8 nitrogen and oxygen atoms in total. The molecule has 1 saturated carbocycles. The van der Waals surface area contributed by atoms with Gasteiger partial charge >= 0.3 is 0 Å². The number of rotatable bonds is 6. The van der Waals surface area contributed by atoms with Crippen LogP contribution in [0.15, 0.2) is 115 Å². The summed E-state index contributed by atoms with van der Waals surface area (Å²) in [7, 11) is 0. The molecule has 6 atom stereocenters. The number of amides is 4. The van der Waals surface area contributed by atoms with Crippen LogP contribution in [-0.2, 0) is 31.1 Å². The number of phenols is 1. The van der Waals surface area contributed by atoms with Crippen LogP contribution in [0.5, 0.6) is 5.75 Å². The van der Waals surface area contributed by atoms with E-state index in [1.807, 2.05) is 97.9 Å². The van der Waals surface area contributed by atoms with Crippen molar-refractivity contribution in [1.82, 2.24) is 9.91 Å². The highest BCUT2D eigenvalue weighted by Crippen LogP contribution is 2.64. The second-order valence-corrected chi connectivity index (χ2v) is 14.0. The normalized spacial score (nSPS) is 27.5. The maximum atomic E-state index is 15.2. The lowest BCUT2D eigenvalue weighted by Crippen LogP contribution is -2.53. The van der Waals surface area contributed by atoms with Gasteiger partial charge in [0.25, 0.3) is 11.8 Å². The number of hydrogen-bond donors (Lipinski definition) is 2. The number of aromatic hydroxyl groups is 1. The number of nitrogens with one attached hydrogen (secondary N) is 1. The molecule has 0 bridgehead atoms. The van der Waals surface area contributed by atoms with Gasteiger partial charge in [-0.05, 0) is 66.6 Å². The van der Waals surface area contributed by atoms with Gasteiger partial charge in [-0.3, -0.25) is 29.5 Å². The Bertz CT molecular complexity index is 2030. The van der Waals surface area contributed by atoms with Gasteiger partial charge in [0.05, 0.1) is 35.4 Å². The molecule has 8 rings (SSSR count). The molecule has 6 unspecified atom stereocenters. The van der Waals surface area contributed by atoms with Crippen molar-refractivity contribution in [2.45, 2.75) is 37.6 Å². The Balaban J connectivity index is 1.30. The molecule has 0 aromatic heterocycles. The Morgan fingerprint density at radius 3 is 2.22 bits per heavy atom. The van der Waals surface area contributed by atoms with Crippen molar-refractivity contribution in [2.24, 2.45) is 23.7 Å². The number of nitrogens with zero attached hydrogens (tertiary/aromatic N) is 2. The fraction of sp³-hybridized carbons (Fsp3) is 0.250. The van der Waals surface area contributed by atoms with Crippen molar-refractivity contribution in [3.8, 4) is 5.75 Å². The maximum absolute atomic E-state index is 15.2. The summed E-state index contributed by atoms with van der Waals surface area (Å²) in [6, 6.07) is 30.8. The fourth-order valence-corrected chi connectivity index (χ4v) is 9.11. The lowest BCUT2D eigenvalue weighted by Gasteiger charge is -2.50. The molecule has 2 N–H and O–H groups in total. The number of phenolic OH excluding ortho intramolecular Hbond substituents is 1. The molecular formula is C40H34ClN3O5. The zero-order valence-electron chi connectivity index (χ0n) is 26.8. The summed E-state index contributed by atoms with van der Waals surface area (Å²) < 4.78 is 0. The standard InChI is InChI=1S/C40H34ClN3O5/c1-23-12-14-26(15-13-23)42-44-37(47)32-21-31-28(18-19-30-34(31)38(48)43(36(30)46)22-24-8-4-2-5-9-24)35(29-17-16-27(45)20-33(29)41)40(32,39(44)49)25-10-6-3-7-11-25/h2-18,20,30-32,34-35,42,45H,19,21-22H2,1H3. The zero-order chi connectivity index (χ0) is 34.0. The van der Waals surface area contributed by atoms with Crippen LogP contribution in [0, 0.1) is 30.6 Å². The van der Waals surface area contributed by atoms with E-state index in [4.69, 9.17) is 11.6 Å². The van der Waals surface area contributed by atoms with Crippen LogP contribution in [-0.4, -0.2) is 38.6 Å². The van der Waals surface area contributed by atoms with E-state index in [-0.39, 0.29) is 35.6 Å². The molecule has 2 aliphatic carbocycles. The van der Waals surface area contributed by atoms with Crippen LogP contribution < -0.4 is 5.43 Å². The van der Waals surface area contributed by atoms with Gasteiger partial charge in [-0.15, -0.1) is 0 Å². The molecule has 4 aliphatic rings. The molecular weight excluding hydrogens is 638 g/mol. The lowest BCUT2D eigenvalue weighted by molar-refractivity contribution is -0.142. The van der Waals surface area contributed by atoms with E-state index in [0.29, 0.717) is 23.2 Å². The molecule has 2 aliphatic heterocycles. The summed E-state index contributed by atoms with van der Waals surface area (Å²) in [6.07, 6.45) is 2.52. The van der Waals surface area contributed by atoms with Crippen molar-refractivity contribution < 1.29 is 24.3 Å². The number of likely N-dealkylation sites (tertiary alicyclic amines) is 1. The summed E-state index contributed by atoms with van der Waals surface area (Å²) in [4.78, 5) is 59.4. The van der Waals surface area contributed by atoms with Crippen LogP contribution in [0.4, 0.5) is 5.69 Å². The molecule has 2 heterocycles. The SMILES string of the molecule is Cc1ccc(NN2C(=O)C3CC4C(=CCC5C(=O)N(Cc6ccccc6)C(=O)C54)C(c4ccc(O)cc4Cl)C3(c3ccccc3)C2=O)cc1. The first-order valence-corrected chi connectivity index (χ1v) is 16.9. The van der Waals surface area contributed by atoms with Crippen LogP contribution in [0.2, 0.25) is 5.02 Å². The quantitative estimate of drug-likeness (QED) is 0.178. The first kappa shape index (κ1) is 31.1. The summed E-state index contributed by atoms with van der Waals surface area (Å²) in [5.74, 6) is -4.75. The topological polar surface area (TPSA) is 107 Å². The first-order valence-electron chi connectivity index (χ1n) is 16.5. The van der Waals surface area contributed by atoms with Gasteiger partial charge in [0.15, 0.2) is 0 Å². The number of halogens is 1.